The molecule has 1 aromatic heterocycles. The molecule has 1 amide bonds. The zero-order valence-electron chi connectivity index (χ0n) is 10.1. The van der Waals surface area contributed by atoms with Gasteiger partial charge in [-0.3, -0.25) is 9.59 Å². The topological polar surface area (TPSA) is 99.3 Å². The first-order valence-corrected chi connectivity index (χ1v) is 5.77. The highest BCUT2D eigenvalue weighted by atomic mass is 16.4. The Morgan fingerprint density at radius 1 is 1.50 bits per heavy atom. The number of carboxylic acids is 1. The molecular weight excluding hydrogens is 236 g/mol. The Kier molecular flexibility index (Phi) is 5.10. The standard InChI is InChI=1S/C12H16N2O4/c1-2-3-4-9(12(17)18)14-11(16)8-7-13-6-5-10(8)15/h5-7,9H,2-4H2,1H3,(H,13,15)(H,14,16)(H,17,18). The number of carbonyl (C=O) groups is 2. The zero-order valence-corrected chi connectivity index (χ0v) is 10.1. The Morgan fingerprint density at radius 2 is 2.22 bits per heavy atom. The molecule has 0 saturated carbocycles. The number of pyridine rings is 1. The number of H-pyrrole nitrogens is 1. The van der Waals surface area contributed by atoms with E-state index in [1.54, 1.807) is 0 Å². The monoisotopic (exact) mass is 252 g/mol. The van der Waals surface area contributed by atoms with Crippen molar-refractivity contribution in [3.63, 3.8) is 0 Å². The smallest absolute Gasteiger partial charge is 0.326 e. The molecule has 0 aromatic carbocycles. The van der Waals surface area contributed by atoms with Crippen molar-refractivity contribution in [2.45, 2.75) is 32.2 Å². The SMILES string of the molecule is CCCCC(NC(=O)c1c[nH]ccc1=O)C(=O)O. The minimum Gasteiger partial charge on any atom is -0.480 e. The molecule has 0 aliphatic carbocycles. The predicted octanol–water partition coefficient (Wildman–Crippen LogP) is 0.748. The van der Waals surface area contributed by atoms with E-state index in [1.165, 1.54) is 18.5 Å². The van der Waals surface area contributed by atoms with Crippen molar-refractivity contribution in [3.8, 4) is 0 Å². The van der Waals surface area contributed by atoms with Crippen LogP contribution in [0.1, 0.15) is 36.5 Å². The van der Waals surface area contributed by atoms with Gasteiger partial charge in [-0.1, -0.05) is 19.8 Å². The summed E-state index contributed by atoms with van der Waals surface area (Å²) >= 11 is 0. The summed E-state index contributed by atoms with van der Waals surface area (Å²) < 4.78 is 0. The van der Waals surface area contributed by atoms with Crippen LogP contribution in [0.4, 0.5) is 0 Å². The lowest BCUT2D eigenvalue weighted by atomic mass is 10.1. The van der Waals surface area contributed by atoms with Crippen LogP contribution < -0.4 is 10.7 Å². The van der Waals surface area contributed by atoms with Crippen molar-refractivity contribution in [1.82, 2.24) is 10.3 Å². The second-order valence-corrected chi connectivity index (χ2v) is 3.93. The number of rotatable bonds is 6. The molecule has 1 atom stereocenters. The molecule has 0 saturated heterocycles. The number of hydrogen-bond donors (Lipinski definition) is 3. The van der Waals surface area contributed by atoms with Gasteiger partial charge in [0, 0.05) is 18.5 Å². The minimum atomic E-state index is -1.09. The zero-order chi connectivity index (χ0) is 13.5. The molecule has 98 valence electrons. The number of aromatic nitrogens is 1. The van der Waals surface area contributed by atoms with Crippen molar-refractivity contribution < 1.29 is 14.7 Å². The van der Waals surface area contributed by atoms with Gasteiger partial charge < -0.3 is 15.4 Å². The third kappa shape index (κ3) is 3.73. The fourth-order valence-electron chi connectivity index (χ4n) is 1.50. The van der Waals surface area contributed by atoms with Gasteiger partial charge in [-0.15, -0.1) is 0 Å². The van der Waals surface area contributed by atoms with Gasteiger partial charge in [0.2, 0.25) is 0 Å². The summed E-state index contributed by atoms with van der Waals surface area (Å²) in [5.74, 6) is -1.76. The van der Waals surface area contributed by atoms with E-state index in [0.29, 0.717) is 12.8 Å². The van der Waals surface area contributed by atoms with Crippen molar-refractivity contribution in [2.75, 3.05) is 0 Å². The van der Waals surface area contributed by atoms with Gasteiger partial charge in [0.05, 0.1) is 0 Å². The highest BCUT2D eigenvalue weighted by Gasteiger charge is 2.21. The summed E-state index contributed by atoms with van der Waals surface area (Å²) in [4.78, 5) is 36.7. The average Bonchev–Trinajstić information content (AvgIpc) is 2.34. The second kappa shape index (κ2) is 6.58. The fourth-order valence-corrected chi connectivity index (χ4v) is 1.50. The molecule has 1 heterocycles. The Balaban J connectivity index is 2.76. The molecule has 6 heteroatoms. The van der Waals surface area contributed by atoms with E-state index in [9.17, 15) is 14.4 Å². The number of carboxylic acid groups (broad SMARTS) is 1. The average molecular weight is 252 g/mol. The van der Waals surface area contributed by atoms with Crippen molar-refractivity contribution in [3.05, 3.63) is 34.2 Å². The lowest BCUT2D eigenvalue weighted by Crippen LogP contribution is -2.42. The van der Waals surface area contributed by atoms with Gasteiger partial charge in [-0.05, 0) is 6.42 Å². The Bertz CT molecular complexity index is 481. The highest BCUT2D eigenvalue weighted by molar-refractivity contribution is 5.96. The number of unbranched alkanes of at least 4 members (excludes halogenated alkanes) is 1. The number of amides is 1. The lowest BCUT2D eigenvalue weighted by Gasteiger charge is -2.13. The largest absolute Gasteiger partial charge is 0.480 e. The van der Waals surface area contributed by atoms with Crippen LogP contribution in [0.25, 0.3) is 0 Å². The van der Waals surface area contributed by atoms with Crippen LogP contribution in [0.15, 0.2) is 23.3 Å². The summed E-state index contributed by atoms with van der Waals surface area (Å²) in [6.45, 7) is 1.93. The molecule has 1 aromatic rings. The molecule has 0 radical (unpaired) electrons. The van der Waals surface area contributed by atoms with Crippen LogP contribution in [0.2, 0.25) is 0 Å². The molecule has 0 aliphatic rings. The van der Waals surface area contributed by atoms with Crippen LogP contribution >= 0.6 is 0 Å². The maximum absolute atomic E-state index is 11.7. The van der Waals surface area contributed by atoms with E-state index in [0.717, 1.165) is 6.42 Å². The van der Waals surface area contributed by atoms with Crippen LogP contribution in [-0.4, -0.2) is 28.0 Å². The molecule has 1 rings (SSSR count). The van der Waals surface area contributed by atoms with E-state index in [-0.39, 0.29) is 5.56 Å². The molecule has 0 bridgehead atoms. The fraction of sp³-hybridized carbons (Fsp3) is 0.417. The molecule has 0 fully saturated rings. The van der Waals surface area contributed by atoms with E-state index in [1.807, 2.05) is 6.92 Å². The third-order valence-corrected chi connectivity index (χ3v) is 2.52. The summed E-state index contributed by atoms with van der Waals surface area (Å²) in [6, 6.07) is 0.258. The molecule has 3 N–H and O–H groups in total. The molecule has 1 unspecified atom stereocenters. The molecule has 6 nitrogen and oxygen atoms in total. The summed E-state index contributed by atoms with van der Waals surface area (Å²) in [7, 11) is 0. The van der Waals surface area contributed by atoms with Gasteiger partial charge in [0.1, 0.15) is 11.6 Å². The van der Waals surface area contributed by atoms with Gasteiger partial charge in [0.25, 0.3) is 5.91 Å². The van der Waals surface area contributed by atoms with E-state index in [4.69, 9.17) is 5.11 Å². The molecular formula is C12H16N2O4. The number of carbonyl (C=O) groups excluding carboxylic acids is 1. The van der Waals surface area contributed by atoms with Crippen LogP contribution in [-0.2, 0) is 4.79 Å². The number of aromatic amines is 1. The summed E-state index contributed by atoms with van der Waals surface area (Å²) in [5, 5.41) is 11.3. The predicted molar refractivity (Wildman–Crippen MR) is 65.5 cm³/mol. The first-order chi connectivity index (χ1) is 8.56. The van der Waals surface area contributed by atoms with E-state index < -0.39 is 23.3 Å². The van der Waals surface area contributed by atoms with Gasteiger partial charge in [0.15, 0.2) is 5.43 Å². The minimum absolute atomic E-state index is 0.0831. The first-order valence-electron chi connectivity index (χ1n) is 5.77. The molecule has 18 heavy (non-hydrogen) atoms. The quantitative estimate of drug-likeness (QED) is 0.695. The molecule has 0 spiro atoms. The Hall–Kier alpha value is -2.11. The van der Waals surface area contributed by atoms with Crippen molar-refractivity contribution in [2.24, 2.45) is 0 Å². The van der Waals surface area contributed by atoms with Crippen molar-refractivity contribution in [1.29, 1.82) is 0 Å². The second-order valence-electron chi connectivity index (χ2n) is 3.93. The van der Waals surface area contributed by atoms with Crippen LogP contribution in [0.3, 0.4) is 0 Å². The lowest BCUT2D eigenvalue weighted by molar-refractivity contribution is -0.139. The number of aliphatic carboxylic acids is 1. The van der Waals surface area contributed by atoms with E-state index in [2.05, 4.69) is 10.3 Å². The van der Waals surface area contributed by atoms with E-state index >= 15 is 0 Å². The van der Waals surface area contributed by atoms with Crippen LogP contribution in [0.5, 0.6) is 0 Å². The summed E-state index contributed by atoms with van der Waals surface area (Å²) in [6.07, 6.45) is 4.55. The normalized spacial score (nSPS) is 11.8. The molecule has 0 aliphatic heterocycles. The maximum Gasteiger partial charge on any atom is 0.326 e. The number of hydrogen-bond acceptors (Lipinski definition) is 3. The number of nitrogens with one attached hydrogen (secondary N) is 2. The van der Waals surface area contributed by atoms with Gasteiger partial charge >= 0.3 is 5.97 Å². The Labute approximate surface area is 104 Å². The maximum atomic E-state index is 11.7. The highest BCUT2D eigenvalue weighted by Crippen LogP contribution is 2.02. The Morgan fingerprint density at radius 3 is 2.78 bits per heavy atom. The summed E-state index contributed by atoms with van der Waals surface area (Å²) in [5.41, 5.74) is -0.522. The van der Waals surface area contributed by atoms with Crippen LogP contribution in [0, 0.1) is 0 Å². The first kappa shape index (κ1) is 14.0. The van der Waals surface area contributed by atoms with Crippen molar-refractivity contribution >= 4 is 11.9 Å². The van der Waals surface area contributed by atoms with Gasteiger partial charge in [-0.2, -0.15) is 0 Å². The third-order valence-electron chi connectivity index (χ3n) is 2.52. The van der Waals surface area contributed by atoms with Gasteiger partial charge in [-0.25, -0.2) is 4.79 Å².